The molecule has 0 saturated heterocycles. The van der Waals surface area contributed by atoms with Crippen LogP contribution >= 0.6 is 11.8 Å². The summed E-state index contributed by atoms with van der Waals surface area (Å²) >= 11 is 1.82. The van der Waals surface area contributed by atoms with Gasteiger partial charge in [0.05, 0.1) is 5.69 Å². The van der Waals surface area contributed by atoms with Crippen LogP contribution in [0.4, 0.5) is 0 Å². The van der Waals surface area contributed by atoms with Gasteiger partial charge in [-0.15, -0.1) is 11.8 Å². The lowest BCUT2D eigenvalue weighted by Gasteiger charge is -2.06. The first-order valence-corrected chi connectivity index (χ1v) is 4.24. The van der Waals surface area contributed by atoms with E-state index in [1.165, 1.54) is 5.56 Å². The molecule has 0 radical (unpaired) electrons. The van der Waals surface area contributed by atoms with E-state index in [2.05, 4.69) is 22.5 Å². The average molecular weight is 149 g/mol. The number of pyridine rings is 1. The van der Waals surface area contributed by atoms with Gasteiger partial charge in [-0.05, 0) is 23.1 Å². The predicted molar refractivity (Wildman–Crippen MR) is 44.6 cm³/mol. The summed E-state index contributed by atoms with van der Waals surface area (Å²) in [5.41, 5.74) is 2.47. The summed E-state index contributed by atoms with van der Waals surface area (Å²) in [6.45, 7) is 0. The van der Waals surface area contributed by atoms with Gasteiger partial charge in [0.2, 0.25) is 0 Å². The van der Waals surface area contributed by atoms with Crippen molar-refractivity contribution in [2.45, 2.75) is 5.75 Å². The minimum absolute atomic E-state index is 1.07. The molecule has 0 aliphatic carbocycles. The average Bonchev–Trinajstić information content (AvgIpc) is 2.05. The summed E-state index contributed by atoms with van der Waals surface area (Å²) in [5.74, 6) is 1.07. The van der Waals surface area contributed by atoms with Crippen molar-refractivity contribution in [2.75, 3.05) is 0 Å². The third kappa shape index (κ3) is 0.948. The second-order valence-corrected chi connectivity index (χ2v) is 3.06. The molecule has 1 aliphatic heterocycles. The van der Waals surface area contributed by atoms with E-state index in [1.807, 2.05) is 24.0 Å². The predicted octanol–water partition coefficient (Wildman–Crippen LogP) is 2.30. The fraction of sp³-hybridized carbons (Fsp3) is 0.125. The van der Waals surface area contributed by atoms with Gasteiger partial charge >= 0.3 is 0 Å². The van der Waals surface area contributed by atoms with Gasteiger partial charge in [-0.1, -0.05) is 6.07 Å². The fourth-order valence-electron chi connectivity index (χ4n) is 0.973. The van der Waals surface area contributed by atoms with Gasteiger partial charge in [0.15, 0.2) is 0 Å². The highest BCUT2D eigenvalue weighted by Crippen LogP contribution is 2.22. The summed E-state index contributed by atoms with van der Waals surface area (Å²) in [5, 5.41) is 2.09. The third-order valence-corrected chi connectivity index (χ3v) is 2.29. The zero-order chi connectivity index (χ0) is 6.81. The topological polar surface area (TPSA) is 12.9 Å². The summed E-state index contributed by atoms with van der Waals surface area (Å²) in [6.07, 6.45) is 3.89. The van der Waals surface area contributed by atoms with Gasteiger partial charge in [0.1, 0.15) is 0 Å². The van der Waals surface area contributed by atoms with Crippen LogP contribution in [0.2, 0.25) is 0 Å². The summed E-state index contributed by atoms with van der Waals surface area (Å²) in [4.78, 5) is 4.22. The van der Waals surface area contributed by atoms with Crippen LogP contribution in [-0.4, -0.2) is 4.98 Å². The zero-order valence-corrected chi connectivity index (χ0v) is 6.27. The van der Waals surface area contributed by atoms with Crippen LogP contribution < -0.4 is 0 Å². The fourth-order valence-corrected chi connectivity index (χ4v) is 1.72. The van der Waals surface area contributed by atoms with E-state index in [0.717, 1.165) is 11.4 Å². The molecule has 0 atom stereocenters. The molecule has 0 amide bonds. The smallest absolute Gasteiger partial charge is 0.0675 e. The Morgan fingerprint density at radius 2 is 2.50 bits per heavy atom. The van der Waals surface area contributed by atoms with Crippen LogP contribution in [0, 0.1) is 0 Å². The molecule has 2 heterocycles. The van der Waals surface area contributed by atoms with Crippen LogP contribution in [0.3, 0.4) is 0 Å². The Hall–Kier alpha value is -0.760. The summed E-state index contributed by atoms with van der Waals surface area (Å²) < 4.78 is 0. The van der Waals surface area contributed by atoms with Crippen molar-refractivity contribution in [3.63, 3.8) is 0 Å². The number of rotatable bonds is 0. The highest BCUT2D eigenvalue weighted by atomic mass is 32.2. The quantitative estimate of drug-likeness (QED) is 0.561. The van der Waals surface area contributed by atoms with Crippen LogP contribution in [0.15, 0.2) is 23.7 Å². The van der Waals surface area contributed by atoms with Crippen molar-refractivity contribution in [3.05, 3.63) is 35.0 Å². The van der Waals surface area contributed by atoms with E-state index in [-0.39, 0.29) is 0 Å². The van der Waals surface area contributed by atoms with Crippen LogP contribution in [0.1, 0.15) is 11.3 Å². The Balaban J connectivity index is 2.54. The van der Waals surface area contributed by atoms with Gasteiger partial charge < -0.3 is 0 Å². The molecule has 50 valence electrons. The second-order valence-electron chi connectivity index (χ2n) is 2.16. The molecular weight excluding hydrogens is 142 g/mol. The Morgan fingerprint density at radius 3 is 3.40 bits per heavy atom. The molecular formula is C8H7NS. The largest absolute Gasteiger partial charge is 0.257 e. The highest BCUT2D eigenvalue weighted by Gasteiger charge is 2.02. The molecule has 1 aromatic rings. The van der Waals surface area contributed by atoms with Crippen molar-refractivity contribution in [2.24, 2.45) is 0 Å². The van der Waals surface area contributed by atoms with Crippen LogP contribution in [-0.2, 0) is 5.75 Å². The lowest BCUT2D eigenvalue weighted by atomic mass is 10.2. The first-order valence-electron chi connectivity index (χ1n) is 3.19. The molecule has 2 rings (SSSR count). The van der Waals surface area contributed by atoms with Crippen molar-refractivity contribution < 1.29 is 0 Å². The van der Waals surface area contributed by atoms with E-state index in [9.17, 15) is 0 Å². The number of thioether (sulfide) groups is 1. The SMILES string of the molecule is C1=Cc2ncccc2CS1. The molecule has 1 nitrogen and oxygen atoms in total. The highest BCUT2D eigenvalue weighted by molar-refractivity contribution is 8.01. The number of hydrogen-bond donors (Lipinski definition) is 0. The Morgan fingerprint density at radius 1 is 1.50 bits per heavy atom. The Bertz CT molecular complexity index is 268. The maximum atomic E-state index is 4.22. The maximum absolute atomic E-state index is 4.22. The molecule has 0 saturated carbocycles. The van der Waals surface area contributed by atoms with Crippen LogP contribution in [0.25, 0.3) is 6.08 Å². The van der Waals surface area contributed by atoms with E-state index < -0.39 is 0 Å². The van der Waals surface area contributed by atoms with E-state index in [0.29, 0.717) is 0 Å². The monoisotopic (exact) mass is 149 g/mol. The number of fused-ring (bicyclic) bond motifs is 1. The first kappa shape index (κ1) is 5.98. The zero-order valence-electron chi connectivity index (χ0n) is 5.45. The van der Waals surface area contributed by atoms with Crippen molar-refractivity contribution >= 4 is 17.8 Å². The number of hydrogen-bond acceptors (Lipinski definition) is 2. The molecule has 0 aromatic carbocycles. The lowest BCUT2D eigenvalue weighted by Crippen LogP contribution is -1.91. The molecule has 1 aromatic heterocycles. The molecule has 0 N–H and O–H groups in total. The Labute approximate surface area is 64.2 Å². The van der Waals surface area contributed by atoms with E-state index in [1.54, 1.807) is 0 Å². The molecule has 0 unspecified atom stereocenters. The molecule has 0 fully saturated rings. The van der Waals surface area contributed by atoms with Gasteiger partial charge in [-0.2, -0.15) is 0 Å². The van der Waals surface area contributed by atoms with Gasteiger partial charge in [-0.3, -0.25) is 4.98 Å². The molecule has 0 spiro atoms. The third-order valence-electron chi connectivity index (χ3n) is 1.49. The minimum atomic E-state index is 1.07. The van der Waals surface area contributed by atoms with E-state index >= 15 is 0 Å². The van der Waals surface area contributed by atoms with Gasteiger partial charge in [-0.25, -0.2) is 0 Å². The number of nitrogens with zero attached hydrogens (tertiary/aromatic N) is 1. The lowest BCUT2D eigenvalue weighted by molar-refractivity contribution is 1.22. The minimum Gasteiger partial charge on any atom is -0.257 e. The molecule has 2 heteroatoms. The van der Waals surface area contributed by atoms with Crippen molar-refractivity contribution in [3.8, 4) is 0 Å². The van der Waals surface area contributed by atoms with E-state index in [4.69, 9.17) is 0 Å². The van der Waals surface area contributed by atoms with Gasteiger partial charge in [0.25, 0.3) is 0 Å². The molecule has 0 bridgehead atoms. The van der Waals surface area contributed by atoms with Crippen LogP contribution in [0.5, 0.6) is 0 Å². The molecule has 10 heavy (non-hydrogen) atoms. The van der Waals surface area contributed by atoms with Crippen molar-refractivity contribution in [1.29, 1.82) is 0 Å². The standard InChI is InChI=1S/C8H7NS/c1-2-7-6-10-5-3-8(7)9-4-1/h1-5H,6H2. The number of aromatic nitrogens is 1. The maximum Gasteiger partial charge on any atom is 0.0675 e. The summed E-state index contributed by atoms with van der Waals surface area (Å²) in [6, 6.07) is 4.11. The van der Waals surface area contributed by atoms with Crippen molar-refractivity contribution in [1.82, 2.24) is 4.98 Å². The first-order chi connectivity index (χ1) is 4.97. The second kappa shape index (κ2) is 2.46. The van der Waals surface area contributed by atoms with Gasteiger partial charge in [0, 0.05) is 11.9 Å². The summed E-state index contributed by atoms with van der Waals surface area (Å²) in [7, 11) is 0. The molecule has 1 aliphatic rings. The Kier molecular flexibility index (Phi) is 1.47. The normalized spacial score (nSPS) is 14.8.